The fourth-order valence-corrected chi connectivity index (χ4v) is 3.70. The SMILES string of the molecule is O=C(CSc1cn[nH]n1)N1CCN(Cc2cccs2)CC1. The predicted molar refractivity (Wildman–Crippen MR) is 83.3 cm³/mol. The van der Waals surface area contributed by atoms with Gasteiger partial charge in [0.2, 0.25) is 5.91 Å². The zero-order chi connectivity index (χ0) is 14.5. The van der Waals surface area contributed by atoms with E-state index < -0.39 is 0 Å². The van der Waals surface area contributed by atoms with Gasteiger partial charge in [0.1, 0.15) is 5.03 Å². The van der Waals surface area contributed by atoms with Crippen LogP contribution < -0.4 is 0 Å². The number of thioether (sulfide) groups is 1. The lowest BCUT2D eigenvalue weighted by molar-refractivity contribution is -0.130. The first-order chi connectivity index (χ1) is 10.3. The number of piperazine rings is 1. The van der Waals surface area contributed by atoms with Crippen LogP contribution in [0.5, 0.6) is 0 Å². The van der Waals surface area contributed by atoms with Crippen LogP contribution in [-0.4, -0.2) is 63.0 Å². The minimum Gasteiger partial charge on any atom is -0.339 e. The maximum Gasteiger partial charge on any atom is 0.233 e. The molecule has 1 N–H and O–H groups in total. The minimum absolute atomic E-state index is 0.179. The predicted octanol–water partition coefficient (Wildman–Crippen LogP) is 1.30. The molecule has 0 atom stereocenters. The number of amides is 1. The van der Waals surface area contributed by atoms with E-state index in [0.717, 1.165) is 37.7 Å². The number of aromatic amines is 1. The molecule has 0 aliphatic carbocycles. The molecule has 6 nitrogen and oxygen atoms in total. The molecule has 3 heterocycles. The Bertz CT molecular complexity index is 549. The molecule has 0 spiro atoms. The van der Waals surface area contributed by atoms with Gasteiger partial charge in [-0.25, -0.2) is 0 Å². The van der Waals surface area contributed by atoms with Gasteiger partial charge in [0.05, 0.1) is 11.9 Å². The molecular weight excluding hydrogens is 306 g/mol. The van der Waals surface area contributed by atoms with Gasteiger partial charge < -0.3 is 4.90 Å². The maximum atomic E-state index is 12.1. The zero-order valence-electron chi connectivity index (χ0n) is 11.6. The van der Waals surface area contributed by atoms with Crippen molar-refractivity contribution in [3.05, 3.63) is 28.6 Å². The molecule has 8 heteroatoms. The highest BCUT2D eigenvalue weighted by Crippen LogP contribution is 2.16. The molecule has 112 valence electrons. The van der Waals surface area contributed by atoms with Gasteiger partial charge in [-0.05, 0) is 11.4 Å². The van der Waals surface area contributed by atoms with Crippen LogP contribution in [0, 0.1) is 0 Å². The molecule has 1 aliphatic rings. The van der Waals surface area contributed by atoms with E-state index in [4.69, 9.17) is 0 Å². The van der Waals surface area contributed by atoms with Crippen LogP contribution >= 0.6 is 23.1 Å². The van der Waals surface area contributed by atoms with E-state index in [-0.39, 0.29) is 5.91 Å². The first-order valence-corrected chi connectivity index (χ1v) is 8.69. The third kappa shape index (κ3) is 4.05. The van der Waals surface area contributed by atoms with Gasteiger partial charge in [-0.1, -0.05) is 17.8 Å². The first-order valence-electron chi connectivity index (χ1n) is 6.82. The lowest BCUT2D eigenvalue weighted by atomic mass is 10.3. The summed E-state index contributed by atoms with van der Waals surface area (Å²) < 4.78 is 0. The Kier molecular flexibility index (Phi) is 4.89. The van der Waals surface area contributed by atoms with Crippen LogP contribution in [0.4, 0.5) is 0 Å². The van der Waals surface area contributed by atoms with E-state index in [1.807, 2.05) is 4.90 Å². The quantitative estimate of drug-likeness (QED) is 0.840. The molecule has 0 radical (unpaired) electrons. The highest BCUT2D eigenvalue weighted by molar-refractivity contribution is 7.99. The molecule has 3 rings (SSSR count). The van der Waals surface area contributed by atoms with Crippen LogP contribution in [-0.2, 0) is 11.3 Å². The minimum atomic E-state index is 0.179. The first kappa shape index (κ1) is 14.6. The highest BCUT2D eigenvalue weighted by Gasteiger charge is 2.21. The summed E-state index contributed by atoms with van der Waals surface area (Å²) in [4.78, 5) is 17.9. The second-order valence-electron chi connectivity index (χ2n) is 4.83. The summed E-state index contributed by atoms with van der Waals surface area (Å²) >= 11 is 3.21. The van der Waals surface area contributed by atoms with Crippen LogP contribution in [0.25, 0.3) is 0 Å². The fourth-order valence-electron chi connectivity index (χ4n) is 2.27. The van der Waals surface area contributed by atoms with Crippen molar-refractivity contribution >= 4 is 29.0 Å². The fraction of sp³-hybridized carbons (Fsp3) is 0.462. The van der Waals surface area contributed by atoms with Crippen molar-refractivity contribution in [3.8, 4) is 0 Å². The molecule has 2 aromatic heterocycles. The Morgan fingerprint density at radius 1 is 1.38 bits per heavy atom. The molecular formula is C13H17N5OS2. The van der Waals surface area contributed by atoms with Gasteiger partial charge in [-0.3, -0.25) is 9.69 Å². The Labute approximate surface area is 131 Å². The van der Waals surface area contributed by atoms with Crippen molar-refractivity contribution in [3.63, 3.8) is 0 Å². The summed E-state index contributed by atoms with van der Waals surface area (Å²) in [6, 6.07) is 4.25. The van der Waals surface area contributed by atoms with Gasteiger partial charge in [-0.2, -0.15) is 10.3 Å². The van der Waals surface area contributed by atoms with E-state index in [1.165, 1.54) is 16.6 Å². The van der Waals surface area contributed by atoms with Crippen molar-refractivity contribution in [2.75, 3.05) is 31.9 Å². The Morgan fingerprint density at radius 3 is 2.90 bits per heavy atom. The average molecular weight is 323 g/mol. The van der Waals surface area contributed by atoms with E-state index in [1.54, 1.807) is 17.5 Å². The molecule has 1 saturated heterocycles. The average Bonchev–Trinajstić information content (AvgIpc) is 3.19. The van der Waals surface area contributed by atoms with Crippen molar-refractivity contribution in [2.24, 2.45) is 0 Å². The zero-order valence-corrected chi connectivity index (χ0v) is 13.2. The number of thiophene rings is 1. The van der Waals surface area contributed by atoms with E-state index in [0.29, 0.717) is 5.75 Å². The summed E-state index contributed by atoms with van der Waals surface area (Å²) in [5, 5.41) is 13.1. The standard InChI is InChI=1S/C13H17N5OS2/c19-13(10-21-12-8-14-16-15-12)18-5-3-17(4-6-18)9-11-2-1-7-20-11/h1-2,7-8H,3-6,9-10H2,(H,14,15,16). The number of nitrogens with one attached hydrogen (secondary N) is 1. The van der Waals surface area contributed by atoms with Gasteiger partial charge in [0.15, 0.2) is 0 Å². The lowest BCUT2D eigenvalue weighted by Gasteiger charge is -2.34. The molecule has 0 aromatic carbocycles. The van der Waals surface area contributed by atoms with Crippen LogP contribution in [0.2, 0.25) is 0 Å². The molecule has 2 aromatic rings. The largest absolute Gasteiger partial charge is 0.339 e. The second kappa shape index (κ2) is 7.06. The molecule has 1 fully saturated rings. The van der Waals surface area contributed by atoms with Crippen molar-refractivity contribution in [2.45, 2.75) is 11.6 Å². The van der Waals surface area contributed by atoms with Gasteiger partial charge in [0, 0.05) is 37.6 Å². The van der Waals surface area contributed by atoms with Gasteiger partial charge in [-0.15, -0.1) is 16.4 Å². The van der Waals surface area contributed by atoms with E-state index in [9.17, 15) is 4.79 Å². The molecule has 0 bridgehead atoms. The summed E-state index contributed by atoms with van der Waals surface area (Å²) in [7, 11) is 0. The number of carbonyl (C=O) groups is 1. The number of rotatable bonds is 5. The third-order valence-corrected chi connectivity index (χ3v) is 5.17. The number of nitrogens with zero attached hydrogens (tertiary/aromatic N) is 4. The number of hydrogen-bond acceptors (Lipinski definition) is 6. The number of hydrogen-bond donors (Lipinski definition) is 1. The number of H-pyrrole nitrogens is 1. The second-order valence-corrected chi connectivity index (χ2v) is 6.86. The molecule has 1 amide bonds. The van der Waals surface area contributed by atoms with E-state index >= 15 is 0 Å². The molecule has 0 unspecified atom stereocenters. The Balaban J connectivity index is 1.41. The summed E-state index contributed by atoms with van der Waals surface area (Å²) in [5.74, 6) is 0.607. The van der Waals surface area contributed by atoms with Crippen LogP contribution in [0.1, 0.15) is 4.88 Å². The third-order valence-electron chi connectivity index (χ3n) is 3.42. The van der Waals surface area contributed by atoms with Gasteiger partial charge in [0.25, 0.3) is 0 Å². The van der Waals surface area contributed by atoms with Crippen LogP contribution in [0.3, 0.4) is 0 Å². The summed E-state index contributed by atoms with van der Waals surface area (Å²) in [6.07, 6.45) is 1.64. The van der Waals surface area contributed by atoms with Crippen molar-refractivity contribution in [1.29, 1.82) is 0 Å². The monoisotopic (exact) mass is 323 g/mol. The summed E-state index contributed by atoms with van der Waals surface area (Å²) in [6.45, 7) is 4.50. The highest BCUT2D eigenvalue weighted by atomic mass is 32.2. The number of carbonyl (C=O) groups excluding carboxylic acids is 1. The van der Waals surface area contributed by atoms with Crippen LogP contribution in [0.15, 0.2) is 28.7 Å². The summed E-state index contributed by atoms with van der Waals surface area (Å²) in [5.41, 5.74) is 0. The van der Waals surface area contributed by atoms with Gasteiger partial charge >= 0.3 is 0 Å². The smallest absolute Gasteiger partial charge is 0.233 e. The molecule has 0 saturated carbocycles. The van der Waals surface area contributed by atoms with Crippen molar-refractivity contribution in [1.82, 2.24) is 25.2 Å². The lowest BCUT2D eigenvalue weighted by Crippen LogP contribution is -2.48. The van der Waals surface area contributed by atoms with E-state index in [2.05, 4.69) is 37.8 Å². The van der Waals surface area contributed by atoms with Crippen molar-refractivity contribution < 1.29 is 4.79 Å². The topological polar surface area (TPSA) is 65.1 Å². The Morgan fingerprint density at radius 2 is 2.24 bits per heavy atom. The number of aromatic nitrogens is 3. The molecule has 21 heavy (non-hydrogen) atoms. The maximum absolute atomic E-state index is 12.1. The Hall–Kier alpha value is -1.38. The normalized spacial score (nSPS) is 16.3. The molecule has 1 aliphatic heterocycles.